The zero-order valence-corrected chi connectivity index (χ0v) is 20.1. The van der Waals surface area contributed by atoms with Gasteiger partial charge < -0.3 is 5.32 Å². The van der Waals surface area contributed by atoms with Crippen LogP contribution in [-0.2, 0) is 10.5 Å². The topological polar surface area (TPSA) is 87.8 Å². The van der Waals surface area contributed by atoms with Crippen LogP contribution in [0.2, 0.25) is 0 Å². The molecule has 6 nitrogen and oxygen atoms in total. The van der Waals surface area contributed by atoms with Gasteiger partial charge >= 0.3 is 0 Å². The van der Waals surface area contributed by atoms with E-state index in [1.54, 1.807) is 34.6 Å². The molecule has 3 aromatic carbocycles. The number of fused-ring (bicyclic) bond motifs is 3. The Labute approximate surface area is 208 Å². The minimum atomic E-state index is -1.52. The Morgan fingerprint density at radius 2 is 1.82 bits per heavy atom. The number of nitrogens with zero attached hydrogens (tertiary/aromatic N) is 3. The Morgan fingerprint density at radius 3 is 2.59 bits per heavy atom. The first-order valence-corrected chi connectivity index (χ1v) is 12.2. The number of para-hydroxylation sites is 1. The van der Waals surface area contributed by atoms with Gasteiger partial charge in [0, 0.05) is 31.9 Å². The second kappa shape index (κ2) is 9.29. The van der Waals surface area contributed by atoms with Crippen LogP contribution in [0.3, 0.4) is 0 Å². The maximum absolute atomic E-state index is 13.5. The molecular formula is C26H17BrN4O2S. The number of rotatable bonds is 5. The van der Waals surface area contributed by atoms with Crippen molar-refractivity contribution in [3.05, 3.63) is 94.6 Å². The molecule has 1 aliphatic rings. The van der Waals surface area contributed by atoms with Gasteiger partial charge in [-0.1, -0.05) is 58.4 Å². The fourth-order valence-corrected chi connectivity index (χ4v) is 5.38. The fourth-order valence-electron chi connectivity index (χ4n) is 3.91. The van der Waals surface area contributed by atoms with Gasteiger partial charge in [0.2, 0.25) is 11.7 Å². The smallest absolute Gasteiger partial charge is 0.249 e. The molecule has 0 saturated carbocycles. The van der Waals surface area contributed by atoms with Crippen LogP contribution in [0, 0.1) is 17.2 Å². The number of aromatic nitrogens is 2. The number of carbonyl (C=O) groups excluding carboxylic acids is 2. The van der Waals surface area contributed by atoms with Crippen LogP contribution in [0.25, 0.3) is 16.9 Å². The van der Waals surface area contributed by atoms with Crippen LogP contribution >= 0.6 is 27.7 Å². The van der Waals surface area contributed by atoms with E-state index < -0.39 is 17.6 Å². The number of amides is 1. The zero-order valence-electron chi connectivity index (χ0n) is 17.7. The summed E-state index contributed by atoms with van der Waals surface area (Å²) in [5.74, 6) is -2.30. The number of nitrogens with one attached hydrogen (secondary N) is 1. The lowest BCUT2D eigenvalue weighted by Gasteiger charge is -2.18. The quantitative estimate of drug-likeness (QED) is 0.258. The second-order valence-electron chi connectivity index (χ2n) is 7.63. The Kier molecular flexibility index (Phi) is 6.05. The van der Waals surface area contributed by atoms with Crippen LogP contribution in [0.1, 0.15) is 16.1 Å². The zero-order chi connectivity index (χ0) is 23.7. The molecule has 0 fully saturated rings. The number of benzene rings is 3. The number of carbonyl (C=O) groups is 2. The van der Waals surface area contributed by atoms with Crippen molar-refractivity contribution in [1.82, 2.24) is 9.78 Å². The summed E-state index contributed by atoms with van der Waals surface area (Å²) >= 11 is 4.96. The number of anilines is 1. The average Bonchev–Trinajstić information content (AvgIpc) is 3.25. The molecular weight excluding hydrogens is 512 g/mol. The summed E-state index contributed by atoms with van der Waals surface area (Å²) in [6.07, 6.45) is 0. The third-order valence-corrected chi connectivity index (χ3v) is 7.07. The minimum Gasteiger partial charge on any atom is -0.325 e. The third-order valence-electron chi connectivity index (χ3n) is 5.48. The average molecular weight is 529 g/mol. The fraction of sp³-hybridized carbons (Fsp3) is 0.0769. The van der Waals surface area contributed by atoms with Crippen molar-refractivity contribution in [2.45, 2.75) is 10.6 Å². The number of nitriles is 1. The van der Waals surface area contributed by atoms with Gasteiger partial charge in [-0.15, -0.1) is 11.8 Å². The molecule has 0 spiro atoms. The standard InChI is InChI=1S/C26H17BrN4O2S/c27-16-7-6-8-17(13-16)29-26(33)20(14-28)25(32)23-21-15-34-22-12-5-4-11-19(22)24(21)31(30-23)18-9-2-1-3-10-18/h1-13,20H,15H2,(H,29,33). The van der Waals surface area contributed by atoms with E-state index in [0.717, 1.165) is 31.9 Å². The predicted octanol–water partition coefficient (Wildman–Crippen LogP) is 5.87. The van der Waals surface area contributed by atoms with Crippen molar-refractivity contribution in [1.29, 1.82) is 5.26 Å². The highest BCUT2D eigenvalue weighted by molar-refractivity contribution is 9.10. The number of halogens is 1. The molecule has 166 valence electrons. The predicted molar refractivity (Wildman–Crippen MR) is 135 cm³/mol. The lowest BCUT2D eigenvalue weighted by molar-refractivity contribution is -0.117. The van der Waals surface area contributed by atoms with Gasteiger partial charge in [0.25, 0.3) is 0 Å². The summed E-state index contributed by atoms with van der Waals surface area (Å²) in [6.45, 7) is 0. The van der Waals surface area contributed by atoms with Gasteiger partial charge in [0.05, 0.1) is 17.5 Å². The summed E-state index contributed by atoms with van der Waals surface area (Å²) in [5.41, 5.74) is 3.95. The molecule has 4 aromatic rings. The van der Waals surface area contributed by atoms with Crippen LogP contribution in [-0.4, -0.2) is 21.5 Å². The van der Waals surface area contributed by atoms with Crippen LogP contribution < -0.4 is 5.32 Å². The van der Waals surface area contributed by atoms with Gasteiger partial charge in [0.1, 0.15) is 5.69 Å². The minimum absolute atomic E-state index is 0.150. The first kappa shape index (κ1) is 22.1. The monoisotopic (exact) mass is 528 g/mol. The largest absolute Gasteiger partial charge is 0.325 e. The molecule has 5 rings (SSSR count). The number of Topliss-reactive ketones (excluding diaryl/α,β-unsaturated/α-hetero) is 1. The van der Waals surface area contributed by atoms with Crippen molar-refractivity contribution >= 4 is 45.1 Å². The molecule has 1 atom stereocenters. The number of ketones is 1. The van der Waals surface area contributed by atoms with Crippen LogP contribution in [0.4, 0.5) is 5.69 Å². The first-order valence-electron chi connectivity index (χ1n) is 10.5. The maximum Gasteiger partial charge on any atom is 0.249 e. The molecule has 1 N–H and O–H groups in total. The van der Waals surface area contributed by atoms with E-state index in [4.69, 9.17) is 0 Å². The lowest BCUT2D eigenvalue weighted by Crippen LogP contribution is -2.29. The van der Waals surface area contributed by atoms with E-state index >= 15 is 0 Å². The van der Waals surface area contributed by atoms with Crippen molar-refractivity contribution in [3.63, 3.8) is 0 Å². The summed E-state index contributed by atoms with van der Waals surface area (Å²) < 4.78 is 2.51. The summed E-state index contributed by atoms with van der Waals surface area (Å²) in [7, 11) is 0. The second-order valence-corrected chi connectivity index (χ2v) is 9.57. The SMILES string of the molecule is N#CC(C(=O)Nc1cccc(Br)c1)C(=O)c1nn(-c2ccccc2)c2c1CSc1ccccc1-2. The highest BCUT2D eigenvalue weighted by Crippen LogP contribution is 2.44. The molecule has 1 aliphatic heterocycles. The van der Waals surface area contributed by atoms with E-state index in [9.17, 15) is 14.9 Å². The highest BCUT2D eigenvalue weighted by atomic mass is 79.9. The Hall–Kier alpha value is -3.67. The Balaban J connectivity index is 1.57. The molecule has 0 radical (unpaired) electrons. The Bertz CT molecular complexity index is 1460. The molecule has 0 saturated heterocycles. The molecule has 1 aromatic heterocycles. The van der Waals surface area contributed by atoms with Crippen molar-refractivity contribution in [2.75, 3.05) is 5.32 Å². The number of thioether (sulfide) groups is 1. The third kappa shape index (κ3) is 4.04. The maximum atomic E-state index is 13.5. The van der Waals surface area contributed by atoms with Crippen molar-refractivity contribution in [2.24, 2.45) is 5.92 Å². The van der Waals surface area contributed by atoms with Gasteiger partial charge in [-0.05, 0) is 36.4 Å². The summed E-state index contributed by atoms with van der Waals surface area (Å²) in [5, 5.41) is 17.1. The molecule has 1 amide bonds. The van der Waals surface area contributed by atoms with E-state index in [2.05, 4.69) is 26.3 Å². The first-order chi connectivity index (χ1) is 16.6. The van der Waals surface area contributed by atoms with E-state index in [1.165, 1.54) is 0 Å². The van der Waals surface area contributed by atoms with E-state index in [1.807, 2.05) is 66.7 Å². The molecule has 0 bridgehead atoms. The lowest BCUT2D eigenvalue weighted by atomic mass is 9.97. The molecule has 0 aliphatic carbocycles. The molecule has 1 unspecified atom stereocenters. The molecule has 2 heterocycles. The number of hydrogen-bond acceptors (Lipinski definition) is 5. The van der Waals surface area contributed by atoms with Gasteiger partial charge in [-0.3, -0.25) is 9.59 Å². The molecule has 8 heteroatoms. The van der Waals surface area contributed by atoms with Gasteiger partial charge in [-0.25, -0.2) is 4.68 Å². The highest BCUT2D eigenvalue weighted by Gasteiger charge is 2.35. The van der Waals surface area contributed by atoms with Crippen molar-refractivity contribution in [3.8, 4) is 23.0 Å². The van der Waals surface area contributed by atoms with Gasteiger partial charge in [-0.2, -0.15) is 10.4 Å². The van der Waals surface area contributed by atoms with Crippen LogP contribution in [0.15, 0.2) is 88.2 Å². The summed E-state index contributed by atoms with van der Waals surface area (Å²) in [6, 6.07) is 26.4. The van der Waals surface area contributed by atoms with E-state index in [0.29, 0.717) is 11.4 Å². The summed E-state index contributed by atoms with van der Waals surface area (Å²) in [4.78, 5) is 27.5. The molecule has 34 heavy (non-hydrogen) atoms. The Morgan fingerprint density at radius 1 is 1.06 bits per heavy atom. The number of hydrogen-bond donors (Lipinski definition) is 1. The van der Waals surface area contributed by atoms with Crippen molar-refractivity contribution < 1.29 is 9.59 Å². The normalized spacial score (nSPS) is 12.7. The van der Waals surface area contributed by atoms with Crippen LogP contribution in [0.5, 0.6) is 0 Å². The van der Waals surface area contributed by atoms with Gasteiger partial charge in [0.15, 0.2) is 5.92 Å². The van der Waals surface area contributed by atoms with E-state index in [-0.39, 0.29) is 5.69 Å².